The predicted octanol–water partition coefficient (Wildman–Crippen LogP) is 0.226. The Bertz CT molecular complexity index is 377. The molecule has 1 atom stereocenters. The van der Waals surface area contributed by atoms with E-state index in [4.69, 9.17) is 16.7 Å². The SMILES string of the molecule is CC(CO)Nc1cnn(C)c(=O)c1Cl. The van der Waals surface area contributed by atoms with Crippen molar-refractivity contribution >= 4 is 17.3 Å². The highest BCUT2D eigenvalue weighted by Crippen LogP contribution is 2.15. The van der Waals surface area contributed by atoms with E-state index in [1.54, 1.807) is 6.92 Å². The van der Waals surface area contributed by atoms with Crippen LogP contribution >= 0.6 is 11.6 Å². The van der Waals surface area contributed by atoms with E-state index in [2.05, 4.69) is 10.4 Å². The maximum atomic E-state index is 11.3. The van der Waals surface area contributed by atoms with Crippen LogP contribution in [0.4, 0.5) is 5.69 Å². The molecule has 0 aliphatic heterocycles. The van der Waals surface area contributed by atoms with Gasteiger partial charge in [-0.15, -0.1) is 0 Å². The number of aliphatic hydroxyl groups excluding tert-OH is 1. The van der Waals surface area contributed by atoms with Gasteiger partial charge in [0.1, 0.15) is 5.02 Å². The number of nitrogens with one attached hydrogen (secondary N) is 1. The van der Waals surface area contributed by atoms with Crippen LogP contribution in [0.5, 0.6) is 0 Å². The first kappa shape index (κ1) is 11.0. The monoisotopic (exact) mass is 217 g/mol. The molecule has 0 saturated heterocycles. The van der Waals surface area contributed by atoms with Crippen molar-refractivity contribution in [3.63, 3.8) is 0 Å². The molecule has 0 radical (unpaired) electrons. The van der Waals surface area contributed by atoms with Gasteiger partial charge in [-0.3, -0.25) is 4.79 Å². The third-order valence-corrected chi connectivity index (χ3v) is 2.12. The first-order chi connectivity index (χ1) is 6.56. The average Bonchev–Trinajstić information content (AvgIpc) is 2.19. The lowest BCUT2D eigenvalue weighted by Crippen LogP contribution is -2.25. The van der Waals surface area contributed by atoms with E-state index in [0.717, 1.165) is 4.68 Å². The van der Waals surface area contributed by atoms with Gasteiger partial charge >= 0.3 is 0 Å². The Kier molecular flexibility index (Phi) is 3.49. The standard InChI is InChI=1S/C8H12ClN3O2/c1-5(4-13)11-6-3-10-12(2)8(14)7(6)9/h3,5,11,13H,4H2,1-2H3. The maximum absolute atomic E-state index is 11.3. The van der Waals surface area contributed by atoms with E-state index >= 15 is 0 Å². The number of nitrogens with zero attached hydrogens (tertiary/aromatic N) is 2. The minimum Gasteiger partial charge on any atom is -0.394 e. The van der Waals surface area contributed by atoms with E-state index < -0.39 is 0 Å². The normalized spacial score (nSPS) is 12.6. The second-order valence-electron chi connectivity index (χ2n) is 3.03. The summed E-state index contributed by atoms with van der Waals surface area (Å²) >= 11 is 5.78. The van der Waals surface area contributed by atoms with Crippen molar-refractivity contribution in [2.45, 2.75) is 13.0 Å². The van der Waals surface area contributed by atoms with Crippen LogP contribution in [-0.2, 0) is 7.05 Å². The average molecular weight is 218 g/mol. The van der Waals surface area contributed by atoms with Gasteiger partial charge in [-0.25, -0.2) is 4.68 Å². The van der Waals surface area contributed by atoms with Crippen molar-refractivity contribution in [2.75, 3.05) is 11.9 Å². The molecule has 0 amide bonds. The zero-order chi connectivity index (χ0) is 10.7. The number of aryl methyl sites for hydroxylation is 1. The summed E-state index contributed by atoms with van der Waals surface area (Å²) in [4.78, 5) is 11.3. The number of anilines is 1. The minimum absolute atomic E-state index is 0.0362. The van der Waals surface area contributed by atoms with E-state index in [9.17, 15) is 4.79 Å². The van der Waals surface area contributed by atoms with E-state index in [-0.39, 0.29) is 23.2 Å². The molecule has 78 valence electrons. The molecule has 5 nitrogen and oxygen atoms in total. The number of aromatic nitrogens is 2. The molecule has 0 aliphatic carbocycles. The van der Waals surface area contributed by atoms with Crippen molar-refractivity contribution in [1.82, 2.24) is 9.78 Å². The molecule has 0 fully saturated rings. The summed E-state index contributed by atoms with van der Waals surface area (Å²) in [6.45, 7) is 1.74. The van der Waals surface area contributed by atoms with Gasteiger partial charge in [0.25, 0.3) is 5.56 Å². The first-order valence-corrected chi connectivity index (χ1v) is 4.53. The summed E-state index contributed by atoms with van der Waals surface area (Å²) in [6.07, 6.45) is 1.45. The zero-order valence-corrected chi connectivity index (χ0v) is 8.75. The van der Waals surface area contributed by atoms with Gasteiger partial charge in [-0.1, -0.05) is 11.6 Å². The highest BCUT2D eigenvalue weighted by Gasteiger charge is 2.08. The van der Waals surface area contributed by atoms with Crippen molar-refractivity contribution in [2.24, 2.45) is 7.05 Å². The summed E-state index contributed by atoms with van der Waals surface area (Å²) in [5.41, 5.74) is 0.0816. The fourth-order valence-electron chi connectivity index (χ4n) is 0.922. The van der Waals surface area contributed by atoms with Gasteiger partial charge < -0.3 is 10.4 Å². The lowest BCUT2D eigenvalue weighted by molar-refractivity contribution is 0.281. The Hall–Kier alpha value is -1.07. The Labute approximate surface area is 86.3 Å². The van der Waals surface area contributed by atoms with Gasteiger partial charge in [0.05, 0.1) is 18.5 Å². The molecule has 14 heavy (non-hydrogen) atoms. The Balaban J connectivity index is 3.00. The number of halogens is 1. The molecule has 0 aliphatic rings. The smallest absolute Gasteiger partial charge is 0.287 e. The fourth-order valence-corrected chi connectivity index (χ4v) is 1.15. The highest BCUT2D eigenvalue weighted by atomic mass is 35.5. The van der Waals surface area contributed by atoms with Crippen LogP contribution in [0.2, 0.25) is 5.02 Å². The molecule has 1 unspecified atom stereocenters. The maximum Gasteiger partial charge on any atom is 0.287 e. The largest absolute Gasteiger partial charge is 0.394 e. The molecule has 1 aromatic heterocycles. The molecule has 1 rings (SSSR count). The molecule has 0 saturated carbocycles. The van der Waals surface area contributed by atoms with Crippen LogP contribution in [0.15, 0.2) is 11.0 Å². The summed E-state index contributed by atoms with van der Waals surface area (Å²) in [7, 11) is 1.52. The number of hydrogen-bond donors (Lipinski definition) is 2. The third kappa shape index (κ3) is 2.24. The topological polar surface area (TPSA) is 67.2 Å². The van der Waals surface area contributed by atoms with Crippen LogP contribution < -0.4 is 10.9 Å². The first-order valence-electron chi connectivity index (χ1n) is 4.15. The molecule has 2 N–H and O–H groups in total. The molecule has 6 heteroatoms. The molecular weight excluding hydrogens is 206 g/mol. The van der Waals surface area contributed by atoms with Gasteiger partial charge in [-0.2, -0.15) is 5.10 Å². The summed E-state index contributed by atoms with van der Waals surface area (Å²) in [5, 5.41) is 15.6. The van der Waals surface area contributed by atoms with Gasteiger partial charge in [0, 0.05) is 13.1 Å². The minimum atomic E-state index is -0.359. The third-order valence-electron chi connectivity index (χ3n) is 1.75. The van der Waals surface area contributed by atoms with Crippen LogP contribution in [0.25, 0.3) is 0 Å². The molecular formula is C8H12ClN3O2. The van der Waals surface area contributed by atoms with Crippen LogP contribution in [-0.4, -0.2) is 27.5 Å². The molecule has 1 heterocycles. The second kappa shape index (κ2) is 4.43. The summed E-state index contributed by atoms with van der Waals surface area (Å²) in [5.74, 6) is 0. The Morgan fingerprint density at radius 2 is 2.43 bits per heavy atom. The van der Waals surface area contributed by atoms with E-state index in [0.29, 0.717) is 5.69 Å². The summed E-state index contributed by atoms with van der Waals surface area (Å²) in [6, 6.07) is -0.165. The predicted molar refractivity (Wildman–Crippen MR) is 54.7 cm³/mol. The Morgan fingerprint density at radius 3 is 3.00 bits per heavy atom. The van der Waals surface area contributed by atoms with E-state index in [1.807, 2.05) is 0 Å². The second-order valence-corrected chi connectivity index (χ2v) is 3.41. The molecule has 0 spiro atoms. The van der Waals surface area contributed by atoms with Crippen LogP contribution in [0, 0.1) is 0 Å². The number of hydrogen-bond acceptors (Lipinski definition) is 4. The van der Waals surface area contributed by atoms with Crippen molar-refractivity contribution in [3.05, 3.63) is 21.6 Å². The summed E-state index contributed by atoms with van der Waals surface area (Å²) < 4.78 is 1.15. The zero-order valence-electron chi connectivity index (χ0n) is 7.99. The lowest BCUT2D eigenvalue weighted by atomic mass is 10.3. The number of rotatable bonds is 3. The van der Waals surface area contributed by atoms with Crippen molar-refractivity contribution in [3.8, 4) is 0 Å². The quantitative estimate of drug-likeness (QED) is 0.761. The lowest BCUT2D eigenvalue weighted by Gasteiger charge is -2.12. The Morgan fingerprint density at radius 1 is 1.79 bits per heavy atom. The van der Waals surface area contributed by atoms with Crippen LogP contribution in [0.1, 0.15) is 6.92 Å². The van der Waals surface area contributed by atoms with Gasteiger partial charge in [0.15, 0.2) is 0 Å². The van der Waals surface area contributed by atoms with Crippen molar-refractivity contribution in [1.29, 1.82) is 0 Å². The fraction of sp³-hybridized carbons (Fsp3) is 0.500. The van der Waals surface area contributed by atoms with Crippen LogP contribution in [0.3, 0.4) is 0 Å². The molecule has 0 bridgehead atoms. The van der Waals surface area contributed by atoms with Gasteiger partial charge in [-0.05, 0) is 6.92 Å². The number of aliphatic hydroxyl groups is 1. The van der Waals surface area contributed by atoms with Crippen molar-refractivity contribution < 1.29 is 5.11 Å². The van der Waals surface area contributed by atoms with E-state index in [1.165, 1.54) is 13.2 Å². The highest BCUT2D eigenvalue weighted by molar-refractivity contribution is 6.32. The van der Waals surface area contributed by atoms with Gasteiger partial charge in [0.2, 0.25) is 0 Å². The molecule has 1 aromatic rings. The molecule has 0 aromatic carbocycles.